The van der Waals surface area contributed by atoms with Gasteiger partial charge in [-0.3, -0.25) is 9.58 Å². The lowest BCUT2D eigenvalue weighted by Crippen LogP contribution is -2.37. The first-order chi connectivity index (χ1) is 10.3. The summed E-state index contributed by atoms with van der Waals surface area (Å²) in [5.74, 6) is 0. The van der Waals surface area contributed by atoms with Crippen LogP contribution in [0.4, 0.5) is 5.69 Å². The van der Waals surface area contributed by atoms with E-state index >= 15 is 0 Å². The van der Waals surface area contributed by atoms with E-state index in [1.54, 1.807) is 0 Å². The van der Waals surface area contributed by atoms with Crippen LogP contribution in [0.2, 0.25) is 0 Å². The largest absolute Gasteiger partial charge is 0.399 e. The summed E-state index contributed by atoms with van der Waals surface area (Å²) in [6, 6.07) is 7.70. The van der Waals surface area contributed by atoms with Gasteiger partial charge in [0.15, 0.2) is 0 Å². The summed E-state index contributed by atoms with van der Waals surface area (Å²) in [5, 5.41) is 8.41. The SMILES string of the molecule is Nc1ccc(-c2cn(CCCN3CCOCC3)nn2)cc1. The Labute approximate surface area is 124 Å². The maximum Gasteiger partial charge on any atom is 0.113 e. The molecule has 3 rings (SSSR count). The van der Waals surface area contributed by atoms with Crippen molar-refractivity contribution in [1.82, 2.24) is 19.9 Å². The highest BCUT2D eigenvalue weighted by Gasteiger charge is 2.10. The van der Waals surface area contributed by atoms with Gasteiger partial charge in [-0.1, -0.05) is 17.3 Å². The van der Waals surface area contributed by atoms with Gasteiger partial charge >= 0.3 is 0 Å². The first kappa shape index (κ1) is 14.0. The standard InChI is InChI=1S/C15H21N5O/c16-14-4-2-13(3-5-14)15-12-20(18-17-15)7-1-6-19-8-10-21-11-9-19/h2-5,12H,1,6-11,16H2. The summed E-state index contributed by atoms with van der Waals surface area (Å²) in [4.78, 5) is 2.43. The Morgan fingerprint density at radius 1 is 1.10 bits per heavy atom. The van der Waals surface area contributed by atoms with E-state index < -0.39 is 0 Å². The minimum Gasteiger partial charge on any atom is -0.399 e. The number of morpholine rings is 1. The second-order valence-electron chi connectivity index (χ2n) is 5.30. The van der Waals surface area contributed by atoms with E-state index in [2.05, 4.69) is 15.2 Å². The molecule has 1 aliphatic heterocycles. The molecular weight excluding hydrogens is 266 g/mol. The van der Waals surface area contributed by atoms with Crippen LogP contribution in [0.1, 0.15) is 6.42 Å². The minimum atomic E-state index is 0.761. The molecule has 0 saturated carbocycles. The van der Waals surface area contributed by atoms with Crippen LogP contribution < -0.4 is 5.73 Å². The van der Waals surface area contributed by atoms with Gasteiger partial charge in [0.1, 0.15) is 5.69 Å². The number of aryl methyl sites for hydroxylation is 1. The van der Waals surface area contributed by atoms with Gasteiger partial charge in [-0.05, 0) is 18.6 Å². The maximum absolute atomic E-state index is 5.69. The van der Waals surface area contributed by atoms with Crippen LogP contribution in [0.3, 0.4) is 0 Å². The van der Waals surface area contributed by atoms with Crippen LogP contribution in [0.15, 0.2) is 30.5 Å². The molecule has 6 heteroatoms. The van der Waals surface area contributed by atoms with E-state index in [0.717, 1.165) is 62.8 Å². The summed E-state index contributed by atoms with van der Waals surface area (Å²) in [7, 11) is 0. The molecule has 0 unspecified atom stereocenters. The highest BCUT2D eigenvalue weighted by Crippen LogP contribution is 2.17. The predicted octanol–water partition coefficient (Wildman–Crippen LogP) is 1.25. The van der Waals surface area contributed by atoms with Crippen molar-refractivity contribution in [2.24, 2.45) is 0 Å². The Morgan fingerprint density at radius 3 is 2.62 bits per heavy atom. The lowest BCUT2D eigenvalue weighted by atomic mass is 10.1. The van der Waals surface area contributed by atoms with Crippen molar-refractivity contribution < 1.29 is 4.74 Å². The second kappa shape index (κ2) is 6.69. The van der Waals surface area contributed by atoms with E-state index in [1.807, 2.05) is 35.1 Å². The Morgan fingerprint density at radius 2 is 1.86 bits per heavy atom. The summed E-state index contributed by atoms with van der Waals surface area (Å²) in [5.41, 5.74) is 8.39. The van der Waals surface area contributed by atoms with Gasteiger partial charge in [0, 0.05) is 37.4 Å². The van der Waals surface area contributed by atoms with Gasteiger partial charge in [0.05, 0.1) is 19.4 Å². The number of aromatic nitrogens is 3. The summed E-state index contributed by atoms with van der Waals surface area (Å²) in [6.07, 6.45) is 3.06. The molecular formula is C15H21N5O. The zero-order valence-corrected chi connectivity index (χ0v) is 12.1. The summed E-state index contributed by atoms with van der Waals surface area (Å²) < 4.78 is 7.26. The molecule has 2 N–H and O–H groups in total. The molecule has 1 fully saturated rings. The average Bonchev–Trinajstić information content (AvgIpc) is 2.98. The number of benzene rings is 1. The predicted molar refractivity (Wildman–Crippen MR) is 81.7 cm³/mol. The lowest BCUT2D eigenvalue weighted by Gasteiger charge is -2.26. The zero-order valence-electron chi connectivity index (χ0n) is 12.1. The summed E-state index contributed by atoms with van der Waals surface area (Å²) in [6.45, 7) is 5.75. The molecule has 1 saturated heterocycles. The van der Waals surface area contributed by atoms with Crippen molar-refractivity contribution in [2.45, 2.75) is 13.0 Å². The third-order valence-electron chi connectivity index (χ3n) is 3.71. The fourth-order valence-corrected chi connectivity index (χ4v) is 2.47. The molecule has 0 radical (unpaired) electrons. The van der Waals surface area contributed by atoms with Gasteiger partial charge in [-0.2, -0.15) is 0 Å². The number of anilines is 1. The third-order valence-corrected chi connectivity index (χ3v) is 3.71. The van der Waals surface area contributed by atoms with Crippen molar-refractivity contribution >= 4 is 5.69 Å². The molecule has 0 atom stereocenters. The van der Waals surface area contributed by atoms with Crippen molar-refractivity contribution in [3.8, 4) is 11.3 Å². The van der Waals surface area contributed by atoms with E-state index in [1.165, 1.54) is 0 Å². The molecule has 2 heterocycles. The molecule has 6 nitrogen and oxygen atoms in total. The molecule has 0 amide bonds. The smallest absolute Gasteiger partial charge is 0.113 e. The van der Waals surface area contributed by atoms with Crippen LogP contribution in [0.5, 0.6) is 0 Å². The molecule has 112 valence electrons. The van der Waals surface area contributed by atoms with Gasteiger partial charge in [0.2, 0.25) is 0 Å². The highest BCUT2D eigenvalue weighted by atomic mass is 16.5. The average molecular weight is 287 g/mol. The number of nitrogens with zero attached hydrogens (tertiary/aromatic N) is 4. The third kappa shape index (κ3) is 3.80. The van der Waals surface area contributed by atoms with Gasteiger partial charge in [-0.15, -0.1) is 5.10 Å². The fourth-order valence-electron chi connectivity index (χ4n) is 2.47. The van der Waals surface area contributed by atoms with Gasteiger partial charge < -0.3 is 10.5 Å². The van der Waals surface area contributed by atoms with Gasteiger partial charge in [0.25, 0.3) is 0 Å². The summed E-state index contributed by atoms with van der Waals surface area (Å²) >= 11 is 0. The van der Waals surface area contributed by atoms with E-state index in [0.29, 0.717) is 0 Å². The van der Waals surface area contributed by atoms with Crippen molar-refractivity contribution in [3.63, 3.8) is 0 Å². The van der Waals surface area contributed by atoms with Gasteiger partial charge in [-0.25, -0.2) is 0 Å². The van der Waals surface area contributed by atoms with E-state index in [-0.39, 0.29) is 0 Å². The Balaban J connectivity index is 1.51. The Hall–Kier alpha value is -1.92. The number of hydrogen-bond donors (Lipinski definition) is 1. The number of rotatable bonds is 5. The minimum absolute atomic E-state index is 0.761. The second-order valence-corrected chi connectivity index (χ2v) is 5.30. The molecule has 0 bridgehead atoms. The van der Waals surface area contributed by atoms with Crippen molar-refractivity contribution in [2.75, 3.05) is 38.6 Å². The van der Waals surface area contributed by atoms with Crippen molar-refractivity contribution in [1.29, 1.82) is 0 Å². The molecule has 21 heavy (non-hydrogen) atoms. The van der Waals surface area contributed by atoms with Crippen LogP contribution in [-0.4, -0.2) is 52.7 Å². The molecule has 0 spiro atoms. The zero-order chi connectivity index (χ0) is 14.5. The number of nitrogens with two attached hydrogens (primary N) is 1. The molecule has 1 aromatic carbocycles. The number of nitrogen functional groups attached to an aromatic ring is 1. The molecule has 0 aliphatic carbocycles. The topological polar surface area (TPSA) is 69.2 Å². The highest BCUT2D eigenvalue weighted by molar-refractivity contribution is 5.60. The molecule has 1 aliphatic rings. The first-order valence-electron chi connectivity index (χ1n) is 7.37. The van der Waals surface area contributed by atoms with Crippen LogP contribution in [0, 0.1) is 0 Å². The fraction of sp³-hybridized carbons (Fsp3) is 0.467. The first-order valence-corrected chi connectivity index (χ1v) is 7.37. The molecule has 2 aromatic rings. The van der Waals surface area contributed by atoms with E-state index in [4.69, 9.17) is 10.5 Å². The normalized spacial score (nSPS) is 16.2. The lowest BCUT2D eigenvalue weighted by molar-refractivity contribution is 0.0368. The van der Waals surface area contributed by atoms with Crippen LogP contribution in [-0.2, 0) is 11.3 Å². The molecule has 1 aromatic heterocycles. The Kier molecular flexibility index (Phi) is 4.47. The monoisotopic (exact) mass is 287 g/mol. The van der Waals surface area contributed by atoms with Crippen LogP contribution >= 0.6 is 0 Å². The number of hydrogen-bond acceptors (Lipinski definition) is 5. The Bertz CT molecular complexity index is 560. The van der Waals surface area contributed by atoms with E-state index in [9.17, 15) is 0 Å². The number of ether oxygens (including phenoxy) is 1. The maximum atomic E-state index is 5.69. The quantitative estimate of drug-likeness (QED) is 0.838. The van der Waals surface area contributed by atoms with Crippen molar-refractivity contribution in [3.05, 3.63) is 30.5 Å². The van der Waals surface area contributed by atoms with Crippen LogP contribution in [0.25, 0.3) is 11.3 Å².